The molecule has 1 unspecified atom stereocenters. The van der Waals surface area contributed by atoms with Crippen molar-refractivity contribution in [3.05, 3.63) is 0 Å². The van der Waals surface area contributed by atoms with Gasteiger partial charge in [0.25, 0.3) is 0 Å². The van der Waals surface area contributed by atoms with Gasteiger partial charge in [0.2, 0.25) is 0 Å². The maximum Gasteiger partial charge on any atom is 0.0897 e. The summed E-state index contributed by atoms with van der Waals surface area (Å²) in [5.74, 6) is 0.731. The molecule has 0 spiro atoms. The summed E-state index contributed by atoms with van der Waals surface area (Å²) in [6.45, 7) is 6.43. The van der Waals surface area contributed by atoms with Crippen LogP contribution in [0.25, 0.3) is 0 Å². The van der Waals surface area contributed by atoms with Crippen LogP contribution in [-0.2, 0) is 4.74 Å². The lowest BCUT2D eigenvalue weighted by molar-refractivity contribution is 0.0639. The summed E-state index contributed by atoms with van der Waals surface area (Å²) in [5, 5.41) is 12.6. The molecule has 80 valence electrons. The zero-order valence-electron chi connectivity index (χ0n) is 9.05. The molecule has 0 amide bonds. The topological polar surface area (TPSA) is 41.5 Å². The predicted octanol–water partition coefficient (Wildman–Crippen LogP) is 1.02. The molecule has 0 fully saturated rings. The summed E-state index contributed by atoms with van der Waals surface area (Å²) in [7, 11) is 1.60. The first-order valence-corrected chi connectivity index (χ1v) is 5.12. The SMILES string of the molecule is CCC(CC)CNCC(O)COC. The largest absolute Gasteiger partial charge is 0.389 e. The summed E-state index contributed by atoms with van der Waals surface area (Å²) in [6.07, 6.45) is 2.02. The Bertz CT molecular complexity index is 105. The van der Waals surface area contributed by atoms with E-state index in [4.69, 9.17) is 4.74 Å². The van der Waals surface area contributed by atoms with Crippen LogP contribution in [-0.4, -0.2) is 38.0 Å². The lowest BCUT2D eigenvalue weighted by Gasteiger charge is -2.15. The average molecular weight is 189 g/mol. The molecule has 3 heteroatoms. The highest BCUT2D eigenvalue weighted by Gasteiger charge is 2.05. The Morgan fingerprint density at radius 3 is 2.31 bits per heavy atom. The Kier molecular flexibility index (Phi) is 8.40. The summed E-state index contributed by atoms with van der Waals surface area (Å²) >= 11 is 0. The van der Waals surface area contributed by atoms with Crippen molar-refractivity contribution < 1.29 is 9.84 Å². The molecule has 3 nitrogen and oxygen atoms in total. The number of ether oxygens (including phenoxy) is 1. The van der Waals surface area contributed by atoms with Gasteiger partial charge in [0.15, 0.2) is 0 Å². The minimum absolute atomic E-state index is 0.376. The molecule has 1 atom stereocenters. The smallest absolute Gasteiger partial charge is 0.0897 e. The van der Waals surface area contributed by atoms with E-state index in [2.05, 4.69) is 19.2 Å². The number of aliphatic hydroxyl groups is 1. The molecule has 0 saturated carbocycles. The van der Waals surface area contributed by atoms with Crippen molar-refractivity contribution in [3.63, 3.8) is 0 Å². The van der Waals surface area contributed by atoms with E-state index >= 15 is 0 Å². The van der Waals surface area contributed by atoms with Crippen LogP contribution < -0.4 is 5.32 Å². The van der Waals surface area contributed by atoms with Crippen LogP contribution in [0.5, 0.6) is 0 Å². The molecule has 0 aromatic rings. The zero-order chi connectivity index (χ0) is 10.1. The Balaban J connectivity index is 3.32. The zero-order valence-corrected chi connectivity index (χ0v) is 9.05. The van der Waals surface area contributed by atoms with Gasteiger partial charge in [-0.25, -0.2) is 0 Å². The molecule has 0 aliphatic rings. The van der Waals surface area contributed by atoms with Crippen molar-refractivity contribution in [1.29, 1.82) is 0 Å². The Hall–Kier alpha value is -0.120. The first kappa shape index (κ1) is 12.9. The minimum atomic E-state index is -0.376. The van der Waals surface area contributed by atoms with Crippen molar-refractivity contribution in [3.8, 4) is 0 Å². The van der Waals surface area contributed by atoms with Crippen LogP contribution >= 0.6 is 0 Å². The standard InChI is InChI=1S/C10H23NO2/c1-4-9(5-2)6-11-7-10(12)8-13-3/h9-12H,4-8H2,1-3H3. The number of hydrogen-bond donors (Lipinski definition) is 2. The van der Waals surface area contributed by atoms with Crippen LogP contribution in [0, 0.1) is 5.92 Å². The van der Waals surface area contributed by atoms with Crippen LogP contribution in [0.2, 0.25) is 0 Å². The summed E-state index contributed by atoms with van der Waals surface area (Å²) in [4.78, 5) is 0. The van der Waals surface area contributed by atoms with Crippen LogP contribution in [0.15, 0.2) is 0 Å². The summed E-state index contributed by atoms with van der Waals surface area (Å²) in [5.41, 5.74) is 0. The van der Waals surface area contributed by atoms with E-state index in [1.54, 1.807) is 7.11 Å². The van der Waals surface area contributed by atoms with Gasteiger partial charge in [-0.05, 0) is 12.5 Å². The maximum atomic E-state index is 9.32. The van der Waals surface area contributed by atoms with Crippen molar-refractivity contribution in [2.45, 2.75) is 32.8 Å². The van der Waals surface area contributed by atoms with Gasteiger partial charge in [0, 0.05) is 13.7 Å². The van der Waals surface area contributed by atoms with Crippen molar-refractivity contribution in [2.75, 3.05) is 26.8 Å². The second-order valence-electron chi connectivity index (χ2n) is 3.45. The highest BCUT2D eigenvalue weighted by atomic mass is 16.5. The van der Waals surface area contributed by atoms with E-state index in [1.165, 1.54) is 12.8 Å². The molecule has 0 heterocycles. The third kappa shape index (κ3) is 6.99. The van der Waals surface area contributed by atoms with Gasteiger partial charge in [0.1, 0.15) is 0 Å². The highest BCUT2D eigenvalue weighted by Crippen LogP contribution is 2.04. The highest BCUT2D eigenvalue weighted by molar-refractivity contribution is 4.62. The molecule has 13 heavy (non-hydrogen) atoms. The molecule has 0 radical (unpaired) electrons. The van der Waals surface area contributed by atoms with Crippen LogP contribution in [0.1, 0.15) is 26.7 Å². The van der Waals surface area contributed by atoms with E-state index in [9.17, 15) is 5.11 Å². The van der Waals surface area contributed by atoms with Gasteiger partial charge in [-0.1, -0.05) is 26.7 Å². The number of aliphatic hydroxyl groups excluding tert-OH is 1. The molecular formula is C10H23NO2. The maximum absolute atomic E-state index is 9.32. The van der Waals surface area contributed by atoms with Crippen molar-refractivity contribution >= 4 is 0 Å². The van der Waals surface area contributed by atoms with Gasteiger partial charge in [0.05, 0.1) is 12.7 Å². The lowest BCUT2D eigenvalue weighted by Crippen LogP contribution is -2.33. The second-order valence-corrected chi connectivity index (χ2v) is 3.45. The summed E-state index contributed by atoms with van der Waals surface area (Å²) < 4.78 is 4.82. The van der Waals surface area contributed by atoms with Gasteiger partial charge < -0.3 is 15.2 Å². The van der Waals surface area contributed by atoms with E-state index < -0.39 is 0 Å². The van der Waals surface area contributed by atoms with Gasteiger partial charge >= 0.3 is 0 Å². The molecule has 0 rings (SSSR count). The van der Waals surface area contributed by atoms with Gasteiger partial charge in [-0.3, -0.25) is 0 Å². The number of methoxy groups -OCH3 is 1. The number of hydrogen-bond acceptors (Lipinski definition) is 3. The van der Waals surface area contributed by atoms with Gasteiger partial charge in [-0.15, -0.1) is 0 Å². The normalized spacial score (nSPS) is 13.6. The molecule has 0 aromatic heterocycles. The molecule has 2 N–H and O–H groups in total. The van der Waals surface area contributed by atoms with Gasteiger partial charge in [-0.2, -0.15) is 0 Å². The van der Waals surface area contributed by atoms with Crippen LogP contribution in [0.3, 0.4) is 0 Å². The number of nitrogens with one attached hydrogen (secondary N) is 1. The Morgan fingerprint density at radius 1 is 1.23 bits per heavy atom. The minimum Gasteiger partial charge on any atom is -0.389 e. The Morgan fingerprint density at radius 2 is 1.85 bits per heavy atom. The van der Waals surface area contributed by atoms with E-state index in [-0.39, 0.29) is 6.10 Å². The molecule has 0 bridgehead atoms. The third-order valence-corrected chi connectivity index (χ3v) is 2.33. The quantitative estimate of drug-likeness (QED) is 0.599. The van der Waals surface area contributed by atoms with E-state index in [1.807, 2.05) is 0 Å². The fourth-order valence-corrected chi connectivity index (χ4v) is 1.28. The monoisotopic (exact) mass is 189 g/mol. The molecule has 0 aliphatic carbocycles. The fraction of sp³-hybridized carbons (Fsp3) is 1.00. The first-order chi connectivity index (χ1) is 6.24. The Labute approximate surface area is 81.5 Å². The van der Waals surface area contributed by atoms with E-state index in [0.29, 0.717) is 13.2 Å². The van der Waals surface area contributed by atoms with Crippen molar-refractivity contribution in [1.82, 2.24) is 5.32 Å². The molecular weight excluding hydrogens is 166 g/mol. The average Bonchev–Trinajstić information content (AvgIpc) is 2.13. The number of rotatable bonds is 8. The fourth-order valence-electron chi connectivity index (χ4n) is 1.28. The summed E-state index contributed by atoms with van der Waals surface area (Å²) in [6, 6.07) is 0. The van der Waals surface area contributed by atoms with E-state index in [0.717, 1.165) is 12.5 Å². The molecule has 0 aromatic carbocycles. The van der Waals surface area contributed by atoms with Crippen LogP contribution in [0.4, 0.5) is 0 Å². The second kappa shape index (κ2) is 8.48. The molecule has 0 saturated heterocycles. The van der Waals surface area contributed by atoms with Crippen molar-refractivity contribution in [2.24, 2.45) is 5.92 Å². The predicted molar refractivity (Wildman–Crippen MR) is 54.8 cm³/mol. The lowest BCUT2D eigenvalue weighted by atomic mass is 10.0. The third-order valence-electron chi connectivity index (χ3n) is 2.33. The first-order valence-electron chi connectivity index (χ1n) is 5.12. The molecule has 0 aliphatic heterocycles.